The standard InChI is InChI=1S/C13H18BrNO2.C13H13FN2.C5H5BFNO2/c1-9(10-6-5-7-11(14)8-10)15-12(16)17-13(2,3)4;1-9(15)10-3-2-4-11(7-10)12-5-6-13(14)16-8-12;7-5-2-1-4(3-8-5)6(9)10/h5-9H,1-4H3,(H,15,16);2-9H,15H2,1H3;1-3,9-10H/t2*9-;/m00./s1. The van der Waals surface area contributed by atoms with E-state index in [2.05, 4.69) is 31.2 Å². The van der Waals surface area contributed by atoms with E-state index in [9.17, 15) is 13.6 Å². The number of amides is 1. The Labute approximate surface area is 259 Å². The zero-order valence-electron chi connectivity index (χ0n) is 24.6. The fourth-order valence-corrected chi connectivity index (χ4v) is 3.85. The van der Waals surface area contributed by atoms with E-state index in [1.165, 1.54) is 18.3 Å². The highest BCUT2D eigenvalue weighted by Gasteiger charge is 2.18. The van der Waals surface area contributed by atoms with Crippen molar-refractivity contribution in [2.75, 3.05) is 0 Å². The molecule has 0 radical (unpaired) electrons. The number of alkyl carbamates (subject to hydrolysis) is 1. The monoisotopic (exact) mass is 656 g/mol. The first kappa shape index (κ1) is 35.5. The van der Waals surface area contributed by atoms with Gasteiger partial charge in [-0.3, -0.25) is 0 Å². The van der Waals surface area contributed by atoms with Gasteiger partial charge in [0, 0.05) is 33.9 Å². The molecule has 2 aromatic carbocycles. The molecule has 4 aromatic rings. The number of pyridine rings is 2. The Balaban J connectivity index is 0.000000233. The number of benzene rings is 2. The van der Waals surface area contributed by atoms with Crippen LogP contribution in [0.3, 0.4) is 0 Å². The van der Waals surface area contributed by atoms with E-state index >= 15 is 0 Å². The summed E-state index contributed by atoms with van der Waals surface area (Å²) in [5.41, 5.74) is 9.50. The quantitative estimate of drug-likeness (QED) is 0.157. The number of ether oxygens (including phenoxy) is 1. The van der Waals surface area contributed by atoms with E-state index in [1.807, 2.05) is 83.1 Å². The molecule has 0 fully saturated rings. The minimum atomic E-state index is -1.58. The van der Waals surface area contributed by atoms with Crippen molar-refractivity contribution in [2.45, 2.75) is 52.3 Å². The summed E-state index contributed by atoms with van der Waals surface area (Å²) >= 11 is 3.40. The molecule has 43 heavy (non-hydrogen) atoms. The smallest absolute Gasteiger partial charge is 0.444 e. The zero-order chi connectivity index (χ0) is 32.2. The summed E-state index contributed by atoms with van der Waals surface area (Å²) in [5.74, 6) is -1.10. The molecule has 1 amide bonds. The van der Waals surface area contributed by atoms with Crippen LogP contribution in [0.4, 0.5) is 13.6 Å². The van der Waals surface area contributed by atoms with Crippen LogP contribution in [0.25, 0.3) is 11.1 Å². The van der Waals surface area contributed by atoms with Gasteiger partial charge >= 0.3 is 13.2 Å². The fraction of sp³-hybridized carbons (Fsp3) is 0.258. The maximum Gasteiger partial charge on any atom is 0.490 e. The van der Waals surface area contributed by atoms with Crippen molar-refractivity contribution in [2.24, 2.45) is 5.73 Å². The number of hydrogen-bond acceptors (Lipinski definition) is 7. The van der Waals surface area contributed by atoms with Gasteiger partial charge in [-0.25, -0.2) is 14.8 Å². The topological polar surface area (TPSA) is 131 Å². The molecule has 5 N–H and O–H groups in total. The van der Waals surface area contributed by atoms with E-state index in [-0.39, 0.29) is 17.5 Å². The SMILES string of the molecule is C[C@H](N)c1cccc(-c2ccc(F)nc2)c1.C[C@H](NC(=O)OC(C)(C)C)c1cccc(Br)c1.OB(O)c1ccc(F)nc1. The number of carbonyl (C=O) groups excluding carboxylic acids is 1. The lowest BCUT2D eigenvalue weighted by molar-refractivity contribution is 0.0508. The highest BCUT2D eigenvalue weighted by Crippen LogP contribution is 2.22. The van der Waals surface area contributed by atoms with Crippen LogP contribution >= 0.6 is 15.9 Å². The van der Waals surface area contributed by atoms with Crippen LogP contribution in [0.2, 0.25) is 0 Å². The van der Waals surface area contributed by atoms with Crippen LogP contribution in [0.1, 0.15) is 57.8 Å². The zero-order valence-corrected chi connectivity index (χ0v) is 26.2. The van der Waals surface area contributed by atoms with Crippen molar-refractivity contribution in [3.8, 4) is 11.1 Å². The van der Waals surface area contributed by atoms with Gasteiger partial charge in [-0.05, 0) is 87.7 Å². The molecule has 8 nitrogen and oxygen atoms in total. The predicted octanol–water partition coefficient (Wildman–Crippen LogP) is 5.84. The third-order valence-electron chi connectivity index (χ3n) is 5.60. The third kappa shape index (κ3) is 13.4. The fourth-order valence-electron chi connectivity index (χ4n) is 3.43. The van der Waals surface area contributed by atoms with Crippen LogP contribution in [0.5, 0.6) is 0 Å². The summed E-state index contributed by atoms with van der Waals surface area (Å²) in [7, 11) is -1.58. The molecule has 0 aliphatic carbocycles. The number of aromatic nitrogens is 2. The van der Waals surface area contributed by atoms with E-state index in [0.717, 1.165) is 39.0 Å². The first-order chi connectivity index (χ1) is 20.1. The Morgan fingerprint density at radius 2 is 1.51 bits per heavy atom. The molecule has 2 aromatic heterocycles. The van der Waals surface area contributed by atoms with Crippen LogP contribution in [-0.4, -0.2) is 38.8 Å². The Bertz CT molecular complexity index is 1440. The van der Waals surface area contributed by atoms with E-state index in [0.29, 0.717) is 0 Å². The van der Waals surface area contributed by atoms with Crippen molar-refractivity contribution < 1.29 is 28.4 Å². The van der Waals surface area contributed by atoms with Crippen molar-refractivity contribution in [1.29, 1.82) is 0 Å². The molecule has 4 rings (SSSR count). The van der Waals surface area contributed by atoms with E-state index in [4.69, 9.17) is 20.5 Å². The molecule has 0 bridgehead atoms. The summed E-state index contributed by atoms with van der Waals surface area (Å²) in [6.07, 6.45) is 2.19. The number of halogens is 3. The minimum absolute atomic E-state index is 0.00615. The second-order valence-corrected chi connectivity index (χ2v) is 11.4. The molecule has 2 atom stereocenters. The number of nitrogens with two attached hydrogens (primary N) is 1. The third-order valence-corrected chi connectivity index (χ3v) is 6.10. The maximum absolute atomic E-state index is 12.7. The Morgan fingerprint density at radius 3 is 2.02 bits per heavy atom. The molecule has 0 spiro atoms. The predicted molar refractivity (Wildman–Crippen MR) is 168 cm³/mol. The number of rotatable bonds is 5. The van der Waals surface area contributed by atoms with Gasteiger partial charge in [-0.1, -0.05) is 52.3 Å². The average Bonchev–Trinajstić information content (AvgIpc) is 2.93. The summed E-state index contributed by atoms with van der Waals surface area (Å²) in [4.78, 5) is 18.4. The first-order valence-electron chi connectivity index (χ1n) is 13.3. The molecule has 0 aliphatic rings. The van der Waals surface area contributed by atoms with Crippen molar-refractivity contribution in [3.63, 3.8) is 0 Å². The van der Waals surface area contributed by atoms with E-state index < -0.39 is 30.7 Å². The maximum atomic E-state index is 12.7. The molecule has 12 heteroatoms. The summed E-state index contributed by atoms with van der Waals surface area (Å²) in [6.45, 7) is 9.39. The van der Waals surface area contributed by atoms with Gasteiger partial charge in [0.2, 0.25) is 11.9 Å². The van der Waals surface area contributed by atoms with Gasteiger partial charge < -0.3 is 25.8 Å². The van der Waals surface area contributed by atoms with Gasteiger partial charge in [0.1, 0.15) is 5.60 Å². The first-order valence-corrected chi connectivity index (χ1v) is 14.1. The van der Waals surface area contributed by atoms with Crippen molar-refractivity contribution in [3.05, 3.63) is 113 Å². The van der Waals surface area contributed by atoms with Crippen LogP contribution in [0.15, 0.2) is 89.7 Å². The molecular weight excluding hydrogens is 621 g/mol. The van der Waals surface area contributed by atoms with Crippen molar-refractivity contribution in [1.82, 2.24) is 15.3 Å². The summed E-state index contributed by atoms with van der Waals surface area (Å²) < 4.78 is 30.9. The highest BCUT2D eigenvalue weighted by atomic mass is 79.9. The Morgan fingerprint density at radius 1 is 0.907 bits per heavy atom. The number of nitrogens with one attached hydrogen (secondary N) is 1. The molecule has 2 heterocycles. The number of hydrogen-bond donors (Lipinski definition) is 4. The normalized spacial score (nSPS) is 12.0. The Kier molecular flexibility index (Phi) is 13.9. The second kappa shape index (κ2) is 16.8. The molecule has 0 saturated carbocycles. The second-order valence-electron chi connectivity index (χ2n) is 10.5. The lowest BCUT2D eigenvalue weighted by atomic mass is 9.82. The lowest BCUT2D eigenvalue weighted by Gasteiger charge is -2.22. The number of nitrogens with zero attached hydrogens (tertiary/aromatic N) is 2. The van der Waals surface area contributed by atoms with Gasteiger partial charge in [0.15, 0.2) is 0 Å². The van der Waals surface area contributed by atoms with Crippen LogP contribution in [-0.2, 0) is 4.74 Å². The molecular formula is C31H36BBrF2N4O4. The molecule has 228 valence electrons. The Hall–Kier alpha value is -3.71. The summed E-state index contributed by atoms with van der Waals surface area (Å²) in [6, 6.07) is 21.0. The summed E-state index contributed by atoms with van der Waals surface area (Å²) in [5, 5.41) is 19.8. The van der Waals surface area contributed by atoms with Crippen LogP contribution in [0, 0.1) is 11.9 Å². The van der Waals surface area contributed by atoms with E-state index in [1.54, 1.807) is 6.07 Å². The lowest BCUT2D eigenvalue weighted by Crippen LogP contribution is -2.34. The highest BCUT2D eigenvalue weighted by molar-refractivity contribution is 9.10. The average molecular weight is 657 g/mol. The molecule has 0 aliphatic heterocycles. The van der Waals surface area contributed by atoms with Gasteiger partial charge in [-0.2, -0.15) is 8.78 Å². The van der Waals surface area contributed by atoms with Crippen molar-refractivity contribution >= 4 is 34.6 Å². The van der Waals surface area contributed by atoms with Crippen LogP contribution < -0.4 is 16.5 Å². The van der Waals surface area contributed by atoms with Gasteiger partial charge in [-0.15, -0.1) is 0 Å². The molecule has 0 saturated heterocycles. The minimum Gasteiger partial charge on any atom is -0.444 e. The number of carbonyl (C=O) groups is 1. The largest absolute Gasteiger partial charge is 0.490 e. The van der Waals surface area contributed by atoms with Gasteiger partial charge in [0.05, 0.1) is 6.04 Å². The van der Waals surface area contributed by atoms with Gasteiger partial charge in [0.25, 0.3) is 0 Å². The molecule has 0 unspecified atom stereocenters.